The number of hydrogen-bond donors (Lipinski definition) is 4. The van der Waals surface area contributed by atoms with Crippen molar-refractivity contribution in [1.29, 1.82) is 0 Å². The Bertz CT molecular complexity index is 644. The maximum absolute atomic E-state index is 11.7. The molecule has 0 aliphatic rings. The van der Waals surface area contributed by atoms with E-state index in [2.05, 4.69) is 20.6 Å². The van der Waals surface area contributed by atoms with Gasteiger partial charge in [0.25, 0.3) is 0 Å². The molecule has 0 saturated heterocycles. The predicted octanol–water partition coefficient (Wildman–Crippen LogP) is 1.64. The number of oxazole rings is 1. The van der Waals surface area contributed by atoms with Crippen molar-refractivity contribution in [2.24, 2.45) is 0 Å². The largest absolute Gasteiger partial charge is 0.477 e. The molecule has 0 spiro atoms. The Morgan fingerprint density at radius 2 is 2.20 bits per heavy atom. The third-order valence-corrected chi connectivity index (χ3v) is 2.48. The Morgan fingerprint density at radius 1 is 1.45 bits per heavy atom. The molecule has 2 amide bonds. The molecule has 2 heterocycles. The fraction of sp³-hybridized carbons (Fsp3) is 0.250. The van der Waals surface area contributed by atoms with Gasteiger partial charge in [-0.15, -0.1) is 0 Å². The normalized spacial score (nSPS) is 10.3. The van der Waals surface area contributed by atoms with Crippen LogP contribution in [0.1, 0.15) is 27.8 Å². The molecule has 0 atom stereocenters. The number of carboxylic acid groups (broad SMARTS) is 1. The van der Waals surface area contributed by atoms with E-state index in [-0.39, 0.29) is 17.9 Å². The maximum Gasteiger partial charge on any atom is 0.354 e. The highest BCUT2D eigenvalue weighted by Crippen LogP contribution is 2.16. The molecule has 4 N–H and O–H groups in total. The van der Waals surface area contributed by atoms with Crippen LogP contribution in [0.2, 0.25) is 0 Å². The molecule has 2 rings (SSSR count). The predicted molar refractivity (Wildman–Crippen MR) is 69.6 cm³/mol. The van der Waals surface area contributed by atoms with Crippen molar-refractivity contribution in [2.75, 3.05) is 5.32 Å². The molecule has 0 unspecified atom stereocenters. The highest BCUT2D eigenvalue weighted by atomic mass is 16.4. The van der Waals surface area contributed by atoms with Crippen LogP contribution in [0, 0.1) is 13.8 Å². The topological polar surface area (TPSA) is 120 Å². The molecular formula is C12H14N4O4. The minimum Gasteiger partial charge on any atom is -0.477 e. The second-order valence-electron chi connectivity index (χ2n) is 4.22. The Morgan fingerprint density at radius 3 is 2.80 bits per heavy atom. The van der Waals surface area contributed by atoms with Crippen molar-refractivity contribution in [3.8, 4) is 0 Å². The van der Waals surface area contributed by atoms with Crippen LogP contribution in [0.25, 0.3) is 0 Å². The Labute approximate surface area is 114 Å². The Kier molecular flexibility index (Phi) is 3.74. The lowest BCUT2D eigenvalue weighted by atomic mass is 10.3. The minimum absolute atomic E-state index is 0.0652. The molecule has 0 aliphatic carbocycles. The number of urea groups is 1. The SMILES string of the molecule is Cc1cc(NC(=O)NCc2ncc(C)o2)c(C(=O)O)[nH]1. The fourth-order valence-electron chi connectivity index (χ4n) is 1.66. The monoisotopic (exact) mass is 278 g/mol. The minimum atomic E-state index is -1.14. The fourth-order valence-corrected chi connectivity index (χ4v) is 1.66. The van der Waals surface area contributed by atoms with Gasteiger partial charge in [-0.25, -0.2) is 14.6 Å². The average Bonchev–Trinajstić information content (AvgIpc) is 2.93. The lowest BCUT2D eigenvalue weighted by Gasteiger charge is -2.05. The maximum atomic E-state index is 11.7. The molecule has 2 aromatic rings. The molecule has 0 aromatic carbocycles. The number of carboxylic acids is 1. The molecule has 8 heteroatoms. The quantitative estimate of drug-likeness (QED) is 0.677. The Hall–Kier alpha value is -2.77. The Balaban J connectivity index is 1.96. The third-order valence-electron chi connectivity index (χ3n) is 2.48. The van der Waals surface area contributed by atoms with Gasteiger partial charge >= 0.3 is 12.0 Å². The lowest BCUT2D eigenvalue weighted by Crippen LogP contribution is -2.28. The standard InChI is InChI=1S/C12H14N4O4/c1-6-3-8(10(15-6)11(17)18)16-12(19)14-5-9-13-4-7(2)20-9/h3-4,15H,5H2,1-2H3,(H,17,18)(H2,14,16,19). The number of nitrogens with one attached hydrogen (secondary N) is 3. The number of aromatic carboxylic acids is 1. The second-order valence-corrected chi connectivity index (χ2v) is 4.22. The number of rotatable bonds is 4. The van der Waals surface area contributed by atoms with Gasteiger partial charge in [0, 0.05) is 5.69 Å². The number of hydrogen-bond acceptors (Lipinski definition) is 4. The molecule has 0 radical (unpaired) electrons. The molecule has 0 aliphatic heterocycles. The first-order valence-corrected chi connectivity index (χ1v) is 5.85. The van der Waals surface area contributed by atoms with E-state index in [4.69, 9.17) is 9.52 Å². The molecule has 0 bridgehead atoms. The van der Waals surface area contributed by atoms with Gasteiger partial charge in [-0.1, -0.05) is 0 Å². The molecular weight excluding hydrogens is 264 g/mol. The van der Waals surface area contributed by atoms with E-state index in [0.29, 0.717) is 17.3 Å². The van der Waals surface area contributed by atoms with E-state index in [1.54, 1.807) is 26.1 Å². The van der Waals surface area contributed by atoms with Gasteiger partial charge in [-0.3, -0.25) is 0 Å². The summed E-state index contributed by atoms with van der Waals surface area (Å²) in [7, 11) is 0. The molecule has 8 nitrogen and oxygen atoms in total. The van der Waals surface area contributed by atoms with Crippen LogP contribution < -0.4 is 10.6 Å². The summed E-state index contributed by atoms with van der Waals surface area (Å²) < 4.78 is 5.20. The number of aromatic nitrogens is 2. The molecule has 0 saturated carbocycles. The van der Waals surface area contributed by atoms with E-state index < -0.39 is 12.0 Å². The lowest BCUT2D eigenvalue weighted by molar-refractivity contribution is 0.0692. The zero-order valence-electron chi connectivity index (χ0n) is 11.0. The summed E-state index contributed by atoms with van der Waals surface area (Å²) in [4.78, 5) is 29.2. The number of carbonyl (C=O) groups excluding carboxylic acids is 1. The zero-order chi connectivity index (χ0) is 14.7. The zero-order valence-corrected chi connectivity index (χ0v) is 11.0. The van der Waals surface area contributed by atoms with Crippen LogP contribution >= 0.6 is 0 Å². The van der Waals surface area contributed by atoms with Gasteiger partial charge in [-0.05, 0) is 19.9 Å². The summed E-state index contributed by atoms with van der Waals surface area (Å²) >= 11 is 0. The number of carbonyl (C=O) groups is 2. The first kappa shape index (κ1) is 13.7. The van der Waals surface area contributed by atoms with Crippen molar-refractivity contribution in [2.45, 2.75) is 20.4 Å². The summed E-state index contributed by atoms with van der Waals surface area (Å²) in [5.74, 6) is -0.116. The van der Waals surface area contributed by atoms with Gasteiger partial charge in [-0.2, -0.15) is 0 Å². The van der Waals surface area contributed by atoms with Crippen molar-refractivity contribution in [3.63, 3.8) is 0 Å². The highest BCUT2D eigenvalue weighted by Gasteiger charge is 2.15. The van der Waals surface area contributed by atoms with E-state index in [1.807, 2.05) is 0 Å². The van der Waals surface area contributed by atoms with Gasteiger partial charge in [0.1, 0.15) is 11.5 Å². The third kappa shape index (κ3) is 3.16. The number of aromatic amines is 1. The van der Waals surface area contributed by atoms with Crippen molar-refractivity contribution in [3.05, 3.63) is 35.3 Å². The van der Waals surface area contributed by atoms with Crippen molar-refractivity contribution >= 4 is 17.7 Å². The van der Waals surface area contributed by atoms with Gasteiger partial charge in [0.15, 0.2) is 0 Å². The average molecular weight is 278 g/mol. The van der Waals surface area contributed by atoms with Crippen LogP contribution in [-0.2, 0) is 6.54 Å². The number of aryl methyl sites for hydroxylation is 2. The van der Waals surface area contributed by atoms with Crippen molar-refractivity contribution < 1.29 is 19.1 Å². The first-order chi connectivity index (χ1) is 9.45. The van der Waals surface area contributed by atoms with Crippen LogP contribution in [0.3, 0.4) is 0 Å². The first-order valence-electron chi connectivity index (χ1n) is 5.85. The van der Waals surface area contributed by atoms with Gasteiger partial charge in [0.05, 0.1) is 18.4 Å². The van der Waals surface area contributed by atoms with E-state index in [1.165, 1.54) is 0 Å². The molecule has 20 heavy (non-hydrogen) atoms. The van der Waals surface area contributed by atoms with Gasteiger partial charge in [0.2, 0.25) is 5.89 Å². The second kappa shape index (κ2) is 5.47. The van der Waals surface area contributed by atoms with E-state index in [0.717, 1.165) is 0 Å². The van der Waals surface area contributed by atoms with Crippen LogP contribution in [0.5, 0.6) is 0 Å². The number of H-pyrrole nitrogens is 1. The summed E-state index contributed by atoms with van der Waals surface area (Å²) in [6.07, 6.45) is 1.55. The number of amides is 2. The molecule has 0 fully saturated rings. The number of nitrogens with zero attached hydrogens (tertiary/aromatic N) is 1. The molecule has 106 valence electrons. The van der Waals surface area contributed by atoms with Crippen LogP contribution in [-0.4, -0.2) is 27.1 Å². The smallest absolute Gasteiger partial charge is 0.354 e. The van der Waals surface area contributed by atoms with E-state index >= 15 is 0 Å². The molecule has 2 aromatic heterocycles. The summed E-state index contributed by atoms with van der Waals surface area (Å²) in [5.41, 5.74) is 0.779. The summed E-state index contributed by atoms with van der Waals surface area (Å²) in [6.45, 7) is 3.56. The summed E-state index contributed by atoms with van der Waals surface area (Å²) in [5, 5.41) is 14.0. The van der Waals surface area contributed by atoms with Crippen LogP contribution in [0.4, 0.5) is 10.5 Å². The summed E-state index contributed by atoms with van der Waals surface area (Å²) in [6, 6.07) is 1.00. The number of anilines is 1. The van der Waals surface area contributed by atoms with Gasteiger partial charge < -0.3 is 25.1 Å². The van der Waals surface area contributed by atoms with Crippen molar-refractivity contribution in [1.82, 2.24) is 15.3 Å². The van der Waals surface area contributed by atoms with Crippen LogP contribution in [0.15, 0.2) is 16.7 Å². The highest BCUT2D eigenvalue weighted by molar-refractivity contribution is 5.99. The van der Waals surface area contributed by atoms with E-state index in [9.17, 15) is 9.59 Å².